The Kier molecular flexibility index (Phi) is 3.55. The smallest absolute Gasteiger partial charge is 0.360 e. The Morgan fingerprint density at radius 1 is 1.67 bits per heavy atom. The zero-order valence-electron chi connectivity index (χ0n) is 9.88. The van der Waals surface area contributed by atoms with Crippen molar-refractivity contribution in [2.45, 2.75) is 19.4 Å². The van der Waals surface area contributed by atoms with Crippen molar-refractivity contribution in [3.05, 3.63) is 12.0 Å². The fourth-order valence-corrected chi connectivity index (χ4v) is 3.40. The highest BCUT2D eigenvalue weighted by atomic mass is 32.2. The van der Waals surface area contributed by atoms with Gasteiger partial charge in [-0.15, -0.1) is 0 Å². The van der Waals surface area contributed by atoms with E-state index in [1.54, 1.807) is 6.92 Å². The summed E-state index contributed by atoms with van der Waals surface area (Å²) in [6, 6.07) is -0.0798. The molecule has 0 aliphatic carbocycles. The fourth-order valence-electron chi connectivity index (χ4n) is 1.72. The molecule has 0 bridgehead atoms. The van der Waals surface area contributed by atoms with Crippen molar-refractivity contribution in [1.82, 2.24) is 4.98 Å². The van der Waals surface area contributed by atoms with Gasteiger partial charge >= 0.3 is 5.97 Å². The molecule has 7 nitrogen and oxygen atoms in total. The number of hydrogen-bond acceptors (Lipinski definition) is 7. The van der Waals surface area contributed by atoms with Gasteiger partial charge in [-0.1, -0.05) is 0 Å². The maximum absolute atomic E-state index is 11.3. The van der Waals surface area contributed by atoms with Gasteiger partial charge in [0.1, 0.15) is 6.26 Å². The van der Waals surface area contributed by atoms with Gasteiger partial charge in [0.2, 0.25) is 0 Å². The lowest BCUT2D eigenvalue weighted by Crippen LogP contribution is -2.20. The van der Waals surface area contributed by atoms with E-state index in [9.17, 15) is 13.2 Å². The van der Waals surface area contributed by atoms with Crippen molar-refractivity contribution in [3.8, 4) is 0 Å². The minimum absolute atomic E-state index is 0.0596. The number of rotatable bonds is 4. The van der Waals surface area contributed by atoms with Crippen molar-refractivity contribution in [1.29, 1.82) is 0 Å². The molecule has 0 saturated carbocycles. The van der Waals surface area contributed by atoms with Gasteiger partial charge in [-0.3, -0.25) is 0 Å². The number of carbonyl (C=O) groups is 1. The van der Waals surface area contributed by atoms with E-state index < -0.39 is 15.8 Å². The average Bonchev–Trinajstić information content (AvgIpc) is 2.86. The summed E-state index contributed by atoms with van der Waals surface area (Å²) in [6.45, 7) is 1.95. The van der Waals surface area contributed by atoms with Crippen LogP contribution >= 0.6 is 0 Å². The summed E-state index contributed by atoms with van der Waals surface area (Å²) in [5.74, 6) is -0.339. The Morgan fingerprint density at radius 2 is 2.44 bits per heavy atom. The zero-order valence-corrected chi connectivity index (χ0v) is 10.7. The van der Waals surface area contributed by atoms with Gasteiger partial charge < -0.3 is 14.5 Å². The highest BCUT2D eigenvalue weighted by Crippen LogP contribution is 2.17. The fraction of sp³-hybridized carbons (Fsp3) is 0.600. The van der Waals surface area contributed by atoms with Crippen LogP contribution in [0.25, 0.3) is 0 Å². The van der Waals surface area contributed by atoms with Crippen molar-refractivity contribution >= 4 is 21.8 Å². The number of sulfone groups is 1. The number of carbonyl (C=O) groups excluding carboxylic acids is 1. The first-order valence-electron chi connectivity index (χ1n) is 5.60. The molecular weight excluding hydrogens is 260 g/mol. The van der Waals surface area contributed by atoms with Crippen molar-refractivity contribution < 1.29 is 22.4 Å². The summed E-state index contributed by atoms with van der Waals surface area (Å²) in [5.41, 5.74) is 0.0696. The Labute approximate surface area is 104 Å². The summed E-state index contributed by atoms with van der Waals surface area (Å²) in [5, 5.41) is 2.85. The van der Waals surface area contributed by atoms with E-state index in [-0.39, 0.29) is 35.9 Å². The van der Waals surface area contributed by atoms with Crippen molar-refractivity contribution in [2.24, 2.45) is 0 Å². The molecule has 1 aromatic rings. The maximum atomic E-state index is 11.3. The average molecular weight is 274 g/mol. The molecule has 1 saturated heterocycles. The van der Waals surface area contributed by atoms with Crippen molar-refractivity contribution in [2.75, 3.05) is 23.4 Å². The largest absolute Gasteiger partial charge is 0.461 e. The van der Waals surface area contributed by atoms with Gasteiger partial charge in [0, 0.05) is 6.04 Å². The summed E-state index contributed by atoms with van der Waals surface area (Å²) in [7, 11) is -2.96. The van der Waals surface area contributed by atoms with Crippen LogP contribution in [0.4, 0.5) is 6.01 Å². The van der Waals surface area contributed by atoms with E-state index in [4.69, 9.17) is 9.15 Å². The lowest BCUT2D eigenvalue weighted by molar-refractivity contribution is 0.0519. The summed E-state index contributed by atoms with van der Waals surface area (Å²) in [6.07, 6.45) is 1.70. The number of nitrogens with one attached hydrogen (secondary N) is 1. The van der Waals surface area contributed by atoms with Gasteiger partial charge in [0.05, 0.1) is 18.1 Å². The summed E-state index contributed by atoms with van der Waals surface area (Å²) >= 11 is 0. The van der Waals surface area contributed by atoms with Crippen LogP contribution in [-0.4, -0.2) is 43.5 Å². The normalized spacial score (nSPS) is 21.7. The van der Waals surface area contributed by atoms with Crippen molar-refractivity contribution in [3.63, 3.8) is 0 Å². The third-order valence-electron chi connectivity index (χ3n) is 2.55. The predicted octanol–water partition coefficient (Wildman–Crippen LogP) is 0.450. The monoisotopic (exact) mass is 274 g/mol. The van der Waals surface area contributed by atoms with Gasteiger partial charge in [-0.2, -0.15) is 4.98 Å². The van der Waals surface area contributed by atoms with E-state index >= 15 is 0 Å². The molecule has 1 unspecified atom stereocenters. The molecule has 0 spiro atoms. The third kappa shape index (κ3) is 3.00. The number of esters is 1. The second-order valence-corrected chi connectivity index (χ2v) is 6.23. The molecule has 2 rings (SSSR count). The van der Waals surface area contributed by atoms with Crippen LogP contribution in [0.2, 0.25) is 0 Å². The predicted molar refractivity (Wildman–Crippen MR) is 63.1 cm³/mol. The third-order valence-corrected chi connectivity index (χ3v) is 4.32. The minimum Gasteiger partial charge on any atom is -0.461 e. The van der Waals surface area contributed by atoms with Gasteiger partial charge in [-0.25, -0.2) is 13.2 Å². The quantitative estimate of drug-likeness (QED) is 0.796. The molecule has 8 heteroatoms. The number of ether oxygens (including phenoxy) is 1. The van der Waals surface area contributed by atoms with Gasteiger partial charge in [-0.05, 0) is 13.3 Å². The van der Waals surface area contributed by atoms with E-state index in [1.165, 1.54) is 6.26 Å². The van der Waals surface area contributed by atoms with E-state index in [2.05, 4.69) is 10.3 Å². The van der Waals surface area contributed by atoms with Crippen LogP contribution < -0.4 is 5.32 Å². The molecule has 18 heavy (non-hydrogen) atoms. The van der Waals surface area contributed by atoms with Crippen LogP contribution in [0, 0.1) is 0 Å². The van der Waals surface area contributed by atoms with E-state index in [0.29, 0.717) is 6.42 Å². The summed E-state index contributed by atoms with van der Waals surface area (Å²) in [4.78, 5) is 15.2. The van der Waals surface area contributed by atoms with Crippen LogP contribution in [0.5, 0.6) is 0 Å². The summed E-state index contributed by atoms with van der Waals surface area (Å²) < 4.78 is 32.3. The molecule has 0 aromatic carbocycles. The second kappa shape index (κ2) is 4.97. The molecule has 0 amide bonds. The van der Waals surface area contributed by atoms with Gasteiger partial charge in [0.15, 0.2) is 15.5 Å². The minimum atomic E-state index is -2.96. The van der Waals surface area contributed by atoms with Crippen LogP contribution in [0.15, 0.2) is 10.7 Å². The molecule has 1 N–H and O–H groups in total. The first kappa shape index (κ1) is 12.9. The number of anilines is 1. The number of aromatic nitrogens is 1. The molecule has 0 radical (unpaired) electrons. The van der Waals surface area contributed by atoms with Crippen LogP contribution in [0.3, 0.4) is 0 Å². The SMILES string of the molecule is CCOC(=O)c1coc(NC2CCS(=O)(=O)C2)n1. The van der Waals surface area contributed by atoms with E-state index in [1.807, 2.05) is 0 Å². The highest BCUT2D eigenvalue weighted by Gasteiger charge is 2.28. The van der Waals surface area contributed by atoms with Crippen LogP contribution in [-0.2, 0) is 14.6 Å². The lowest BCUT2D eigenvalue weighted by Gasteiger charge is -2.06. The first-order valence-corrected chi connectivity index (χ1v) is 7.42. The van der Waals surface area contributed by atoms with Gasteiger partial charge in [0.25, 0.3) is 6.01 Å². The second-order valence-electron chi connectivity index (χ2n) is 4.00. The lowest BCUT2D eigenvalue weighted by atomic mass is 10.3. The zero-order chi connectivity index (χ0) is 13.2. The first-order chi connectivity index (χ1) is 8.50. The molecule has 2 heterocycles. The molecular formula is C10H14N2O5S. The molecule has 1 atom stereocenters. The standard InChI is InChI=1S/C10H14N2O5S/c1-2-16-9(13)8-5-17-10(12-8)11-7-3-4-18(14,15)6-7/h5,7H,2-4,6H2,1H3,(H,11,12). The Balaban J connectivity index is 1.97. The molecule has 1 aliphatic rings. The number of oxazole rings is 1. The Morgan fingerprint density at radius 3 is 3.06 bits per heavy atom. The number of nitrogens with zero attached hydrogens (tertiary/aromatic N) is 1. The number of hydrogen-bond donors (Lipinski definition) is 1. The molecule has 1 aromatic heterocycles. The topological polar surface area (TPSA) is 98.5 Å². The molecule has 100 valence electrons. The Bertz CT molecular complexity index is 536. The Hall–Kier alpha value is -1.57. The molecule has 1 fully saturated rings. The van der Waals surface area contributed by atoms with E-state index in [0.717, 1.165) is 0 Å². The maximum Gasteiger partial charge on any atom is 0.360 e. The van der Waals surface area contributed by atoms with Crippen LogP contribution in [0.1, 0.15) is 23.8 Å². The molecule has 1 aliphatic heterocycles. The highest BCUT2D eigenvalue weighted by molar-refractivity contribution is 7.91.